The van der Waals surface area contributed by atoms with Crippen LogP contribution in [0.1, 0.15) is 5.56 Å². The number of aromatic hydroxyl groups is 1. The van der Waals surface area contributed by atoms with Crippen LogP contribution in [-0.4, -0.2) is 36.3 Å². The van der Waals surface area contributed by atoms with Crippen molar-refractivity contribution in [2.24, 2.45) is 0 Å². The summed E-state index contributed by atoms with van der Waals surface area (Å²) < 4.78 is 18.3. The van der Waals surface area contributed by atoms with Gasteiger partial charge in [-0.05, 0) is 6.07 Å². The van der Waals surface area contributed by atoms with Gasteiger partial charge in [-0.2, -0.15) is 0 Å². The molecule has 2 rings (SSSR count). The van der Waals surface area contributed by atoms with E-state index in [0.717, 1.165) is 13.1 Å². The molecule has 15 heavy (non-hydrogen) atoms. The monoisotopic (exact) mass is 211 g/mol. The molecule has 0 bridgehead atoms. The first kappa shape index (κ1) is 10.4. The summed E-state index contributed by atoms with van der Waals surface area (Å²) in [5, 5.41) is 9.50. The number of hydrogen-bond acceptors (Lipinski definition) is 3. The Balaban J connectivity index is 2.06. The van der Waals surface area contributed by atoms with Gasteiger partial charge in [-0.1, -0.05) is 12.1 Å². The Labute approximate surface area is 88.1 Å². The summed E-state index contributed by atoms with van der Waals surface area (Å²) in [7, 11) is 0. The lowest BCUT2D eigenvalue weighted by atomic mass is 10.1. The van der Waals surface area contributed by atoms with Gasteiger partial charge in [-0.15, -0.1) is 0 Å². The van der Waals surface area contributed by atoms with Crippen LogP contribution in [0.25, 0.3) is 0 Å². The molecule has 1 aromatic rings. The maximum absolute atomic E-state index is 13.0. The van der Waals surface area contributed by atoms with E-state index >= 15 is 0 Å². The Bertz CT molecular complexity index is 337. The predicted molar refractivity (Wildman–Crippen MR) is 54.2 cm³/mol. The third-order valence-corrected chi connectivity index (χ3v) is 2.57. The maximum Gasteiger partial charge on any atom is 0.165 e. The van der Waals surface area contributed by atoms with Crippen molar-refractivity contribution in [1.82, 2.24) is 4.90 Å². The second-order valence-corrected chi connectivity index (χ2v) is 3.64. The van der Waals surface area contributed by atoms with Crippen LogP contribution < -0.4 is 0 Å². The average molecular weight is 211 g/mol. The summed E-state index contributed by atoms with van der Waals surface area (Å²) in [5.41, 5.74) is 0.636. The highest BCUT2D eigenvalue weighted by molar-refractivity contribution is 5.33. The van der Waals surface area contributed by atoms with Crippen molar-refractivity contribution in [2.75, 3.05) is 26.3 Å². The summed E-state index contributed by atoms with van der Waals surface area (Å²) in [6.07, 6.45) is 0. The van der Waals surface area contributed by atoms with Gasteiger partial charge >= 0.3 is 0 Å². The van der Waals surface area contributed by atoms with E-state index in [1.807, 2.05) is 0 Å². The van der Waals surface area contributed by atoms with E-state index in [-0.39, 0.29) is 5.75 Å². The Morgan fingerprint density at radius 3 is 2.80 bits per heavy atom. The molecule has 0 atom stereocenters. The zero-order chi connectivity index (χ0) is 10.7. The van der Waals surface area contributed by atoms with Gasteiger partial charge in [0.25, 0.3) is 0 Å². The summed E-state index contributed by atoms with van der Waals surface area (Å²) >= 11 is 0. The topological polar surface area (TPSA) is 32.7 Å². The molecule has 0 aliphatic carbocycles. The molecule has 0 spiro atoms. The number of phenols is 1. The van der Waals surface area contributed by atoms with Crippen LogP contribution in [0.15, 0.2) is 18.2 Å². The highest BCUT2D eigenvalue weighted by Gasteiger charge is 2.13. The molecule has 3 nitrogen and oxygen atoms in total. The molecule has 0 saturated carbocycles. The number of benzene rings is 1. The zero-order valence-electron chi connectivity index (χ0n) is 8.45. The molecule has 1 aliphatic heterocycles. The van der Waals surface area contributed by atoms with Crippen molar-refractivity contribution in [3.8, 4) is 5.75 Å². The van der Waals surface area contributed by atoms with E-state index in [4.69, 9.17) is 4.74 Å². The molecule has 1 heterocycles. The van der Waals surface area contributed by atoms with E-state index in [9.17, 15) is 9.50 Å². The average Bonchev–Trinajstić information content (AvgIpc) is 2.26. The molecule has 4 heteroatoms. The molecule has 1 saturated heterocycles. The lowest BCUT2D eigenvalue weighted by molar-refractivity contribution is 0.0338. The largest absolute Gasteiger partial charge is 0.505 e. The molecule has 0 unspecified atom stereocenters. The fraction of sp³-hybridized carbons (Fsp3) is 0.455. The Kier molecular flexibility index (Phi) is 3.18. The molecule has 1 aromatic carbocycles. The van der Waals surface area contributed by atoms with E-state index in [0.29, 0.717) is 25.3 Å². The molecule has 0 amide bonds. The molecule has 1 aliphatic rings. The highest BCUT2D eigenvalue weighted by atomic mass is 19.1. The Morgan fingerprint density at radius 2 is 2.07 bits per heavy atom. The molecule has 1 N–H and O–H groups in total. The fourth-order valence-corrected chi connectivity index (χ4v) is 1.69. The lowest BCUT2D eigenvalue weighted by Crippen LogP contribution is -2.35. The quantitative estimate of drug-likeness (QED) is 0.801. The van der Waals surface area contributed by atoms with Crippen LogP contribution in [0.3, 0.4) is 0 Å². The second kappa shape index (κ2) is 4.59. The third kappa shape index (κ3) is 2.46. The second-order valence-electron chi connectivity index (χ2n) is 3.64. The summed E-state index contributed by atoms with van der Waals surface area (Å²) in [4.78, 5) is 2.14. The first-order chi connectivity index (χ1) is 7.27. The van der Waals surface area contributed by atoms with Crippen LogP contribution >= 0.6 is 0 Å². The number of rotatable bonds is 2. The number of para-hydroxylation sites is 1. The first-order valence-electron chi connectivity index (χ1n) is 5.04. The smallest absolute Gasteiger partial charge is 0.165 e. The van der Waals surface area contributed by atoms with Crippen LogP contribution in [-0.2, 0) is 11.3 Å². The van der Waals surface area contributed by atoms with Crippen molar-refractivity contribution >= 4 is 0 Å². The number of ether oxygens (including phenoxy) is 1. The number of phenolic OH excluding ortho intramolecular Hbond substituents is 1. The van der Waals surface area contributed by atoms with Gasteiger partial charge in [-0.25, -0.2) is 4.39 Å². The summed E-state index contributed by atoms with van der Waals surface area (Å²) in [6.45, 7) is 3.64. The minimum atomic E-state index is -0.555. The van der Waals surface area contributed by atoms with E-state index in [2.05, 4.69) is 4.90 Å². The Morgan fingerprint density at radius 1 is 1.33 bits per heavy atom. The van der Waals surface area contributed by atoms with Gasteiger partial charge < -0.3 is 9.84 Å². The molecule has 0 aromatic heterocycles. The van der Waals surface area contributed by atoms with Crippen molar-refractivity contribution in [3.05, 3.63) is 29.6 Å². The van der Waals surface area contributed by atoms with Crippen molar-refractivity contribution in [2.45, 2.75) is 6.54 Å². The van der Waals surface area contributed by atoms with E-state index in [1.165, 1.54) is 6.07 Å². The zero-order valence-corrected chi connectivity index (χ0v) is 8.45. The normalized spacial score (nSPS) is 17.9. The van der Waals surface area contributed by atoms with E-state index in [1.54, 1.807) is 12.1 Å². The summed E-state index contributed by atoms with van der Waals surface area (Å²) in [6, 6.07) is 4.62. The third-order valence-electron chi connectivity index (χ3n) is 2.57. The fourth-order valence-electron chi connectivity index (χ4n) is 1.69. The molecular formula is C11H14FNO2. The maximum atomic E-state index is 13.0. The molecule has 0 radical (unpaired) electrons. The van der Waals surface area contributed by atoms with Crippen LogP contribution in [0, 0.1) is 5.82 Å². The molecular weight excluding hydrogens is 197 g/mol. The minimum absolute atomic E-state index is 0.232. The predicted octanol–water partition coefficient (Wildman–Crippen LogP) is 1.36. The van der Waals surface area contributed by atoms with Crippen LogP contribution in [0.4, 0.5) is 4.39 Å². The van der Waals surface area contributed by atoms with Gasteiger partial charge in [0.15, 0.2) is 11.6 Å². The molecule has 82 valence electrons. The van der Waals surface area contributed by atoms with Gasteiger partial charge in [0.1, 0.15) is 0 Å². The number of halogens is 1. The standard InChI is InChI=1S/C11H14FNO2/c12-10-3-1-2-9(11(10)14)8-13-4-6-15-7-5-13/h1-3,14H,4-8H2. The van der Waals surface area contributed by atoms with Crippen molar-refractivity contribution in [1.29, 1.82) is 0 Å². The SMILES string of the molecule is Oc1c(F)cccc1CN1CCOCC1. The number of morpholine rings is 1. The lowest BCUT2D eigenvalue weighted by Gasteiger charge is -2.26. The van der Waals surface area contributed by atoms with Crippen LogP contribution in [0.2, 0.25) is 0 Å². The van der Waals surface area contributed by atoms with Crippen molar-refractivity contribution < 1.29 is 14.2 Å². The molecule has 1 fully saturated rings. The number of nitrogens with zero attached hydrogens (tertiary/aromatic N) is 1. The van der Waals surface area contributed by atoms with Gasteiger partial charge in [-0.3, -0.25) is 4.90 Å². The van der Waals surface area contributed by atoms with Crippen molar-refractivity contribution in [3.63, 3.8) is 0 Å². The van der Waals surface area contributed by atoms with Gasteiger partial charge in [0, 0.05) is 25.2 Å². The minimum Gasteiger partial charge on any atom is -0.505 e. The first-order valence-corrected chi connectivity index (χ1v) is 5.04. The van der Waals surface area contributed by atoms with Crippen LogP contribution in [0.5, 0.6) is 5.75 Å². The highest BCUT2D eigenvalue weighted by Crippen LogP contribution is 2.22. The summed E-state index contributed by atoms with van der Waals surface area (Å²) in [5.74, 6) is -0.787. The van der Waals surface area contributed by atoms with Gasteiger partial charge in [0.2, 0.25) is 0 Å². The Hall–Kier alpha value is -1.13. The van der Waals surface area contributed by atoms with E-state index < -0.39 is 5.82 Å². The number of hydrogen-bond donors (Lipinski definition) is 1. The van der Waals surface area contributed by atoms with Gasteiger partial charge in [0.05, 0.1) is 13.2 Å².